The monoisotopic (exact) mass is 370 g/mol. The quantitative estimate of drug-likeness (QED) is 0.544. The molecule has 0 saturated carbocycles. The van der Waals surface area contributed by atoms with Crippen LogP contribution in [0.15, 0.2) is 43.0 Å². The molecule has 0 atom stereocenters. The van der Waals surface area contributed by atoms with Crippen molar-refractivity contribution >= 4 is 23.9 Å². The van der Waals surface area contributed by atoms with Crippen molar-refractivity contribution in [2.45, 2.75) is 6.42 Å². The summed E-state index contributed by atoms with van der Waals surface area (Å²) in [6.07, 6.45) is 1.11. The topological polar surface area (TPSA) is 149 Å². The first-order chi connectivity index (χ1) is 12.7. The fourth-order valence-electron chi connectivity index (χ4n) is 2.95. The van der Waals surface area contributed by atoms with Crippen LogP contribution in [-0.2, 0) is 6.42 Å². The lowest BCUT2D eigenvalue weighted by atomic mass is 9.82. The molecule has 0 aliphatic heterocycles. The minimum atomic E-state index is -1.85. The average Bonchev–Trinajstić information content (AvgIpc) is 2.60. The number of hydrogen-bond acceptors (Lipinski definition) is 4. The Morgan fingerprint density at radius 2 is 1.19 bits per heavy atom. The summed E-state index contributed by atoms with van der Waals surface area (Å²) in [5.74, 6) is -7.07. The molecular weight excluding hydrogens is 356 g/mol. The van der Waals surface area contributed by atoms with Crippen molar-refractivity contribution in [2.24, 2.45) is 0 Å². The van der Waals surface area contributed by atoms with Crippen molar-refractivity contribution in [3.63, 3.8) is 0 Å². The maximum atomic E-state index is 11.9. The van der Waals surface area contributed by atoms with Gasteiger partial charge in [-0.15, -0.1) is 6.58 Å². The number of rotatable bonds is 7. The Morgan fingerprint density at radius 3 is 1.59 bits per heavy atom. The van der Waals surface area contributed by atoms with Crippen LogP contribution in [0.3, 0.4) is 0 Å². The second-order valence-corrected chi connectivity index (χ2v) is 5.43. The normalized spacial score (nSPS) is 10.2. The van der Waals surface area contributed by atoms with E-state index in [1.165, 1.54) is 18.2 Å². The van der Waals surface area contributed by atoms with E-state index in [0.717, 1.165) is 0 Å². The van der Waals surface area contributed by atoms with E-state index < -0.39 is 46.1 Å². The molecule has 0 aliphatic carbocycles. The summed E-state index contributed by atoms with van der Waals surface area (Å²) in [6, 6.07) is 7.71. The van der Waals surface area contributed by atoms with Gasteiger partial charge in [-0.1, -0.05) is 36.4 Å². The van der Waals surface area contributed by atoms with Crippen molar-refractivity contribution < 1.29 is 39.6 Å². The molecule has 0 saturated heterocycles. The summed E-state index contributed by atoms with van der Waals surface area (Å²) >= 11 is 0. The third-order valence-corrected chi connectivity index (χ3v) is 3.87. The van der Waals surface area contributed by atoms with Gasteiger partial charge in [0.25, 0.3) is 0 Å². The van der Waals surface area contributed by atoms with Gasteiger partial charge in [0.1, 0.15) is 0 Å². The van der Waals surface area contributed by atoms with Gasteiger partial charge in [0.05, 0.1) is 22.3 Å². The van der Waals surface area contributed by atoms with E-state index in [1.807, 2.05) is 0 Å². The van der Waals surface area contributed by atoms with Gasteiger partial charge in [0.2, 0.25) is 0 Å². The van der Waals surface area contributed by atoms with Crippen LogP contribution in [0.25, 0.3) is 11.1 Å². The largest absolute Gasteiger partial charge is 0.478 e. The standard InChI is InChI=1S/C19H14O8/c1-2-6-10-11(9-7-4-3-5-8-9)13(17(22)23)15(19(26)27)14(18(24)25)12(10)16(20)21/h2-5,7-8H,1,6H2,(H,20,21)(H,22,23)(H,24,25)(H,26,27). The van der Waals surface area contributed by atoms with Crippen LogP contribution in [0.4, 0.5) is 0 Å². The van der Waals surface area contributed by atoms with Crippen LogP contribution >= 0.6 is 0 Å². The van der Waals surface area contributed by atoms with E-state index in [0.29, 0.717) is 0 Å². The maximum absolute atomic E-state index is 11.9. The van der Waals surface area contributed by atoms with Crippen molar-refractivity contribution in [1.82, 2.24) is 0 Å². The number of hydrogen-bond donors (Lipinski definition) is 4. The van der Waals surface area contributed by atoms with E-state index in [1.54, 1.807) is 18.2 Å². The minimum absolute atomic E-state index is 0.136. The van der Waals surface area contributed by atoms with Crippen LogP contribution in [-0.4, -0.2) is 44.3 Å². The van der Waals surface area contributed by atoms with E-state index in [2.05, 4.69) is 6.58 Å². The van der Waals surface area contributed by atoms with Crippen molar-refractivity contribution in [3.8, 4) is 11.1 Å². The molecule has 0 fully saturated rings. The summed E-state index contributed by atoms with van der Waals surface area (Å²) in [4.78, 5) is 47.2. The van der Waals surface area contributed by atoms with Crippen LogP contribution in [0.1, 0.15) is 47.0 Å². The smallest absolute Gasteiger partial charge is 0.337 e. The molecule has 4 N–H and O–H groups in total. The van der Waals surface area contributed by atoms with E-state index in [-0.39, 0.29) is 23.1 Å². The van der Waals surface area contributed by atoms with E-state index in [4.69, 9.17) is 0 Å². The van der Waals surface area contributed by atoms with Crippen LogP contribution in [0.2, 0.25) is 0 Å². The lowest BCUT2D eigenvalue weighted by Gasteiger charge is -2.20. The van der Waals surface area contributed by atoms with Gasteiger partial charge in [0.15, 0.2) is 0 Å². The highest BCUT2D eigenvalue weighted by Crippen LogP contribution is 2.37. The highest BCUT2D eigenvalue weighted by atomic mass is 16.4. The van der Waals surface area contributed by atoms with Crippen LogP contribution in [0.5, 0.6) is 0 Å². The molecule has 0 heterocycles. The van der Waals surface area contributed by atoms with Crippen LogP contribution < -0.4 is 0 Å². The van der Waals surface area contributed by atoms with Gasteiger partial charge in [-0.25, -0.2) is 19.2 Å². The number of carboxylic acids is 4. The molecule has 0 aromatic heterocycles. The molecule has 2 rings (SSSR count). The van der Waals surface area contributed by atoms with Crippen molar-refractivity contribution in [1.29, 1.82) is 0 Å². The zero-order valence-corrected chi connectivity index (χ0v) is 13.8. The summed E-state index contributed by atoms with van der Waals surface area (Å²) in [5.41, 5.74) is -3.78. The highest BCUT2D eigenvalue weighted by Gasteiger charge is 2.36. The molecule has 0 radical (unpaired) electrons. The SMILES string of the molecule is C=CCc1c(C(=O)O)c(C(=O)O)c(C(=O)O)c(C(=O)O)c1-c1ccccc1. The second kappa shape index (κ2) is 7.52. The Bertz CT molecular complexity index is 973. The molecule has 0 amide bonds. The molecule has 2 aromatic rings. The summed E-state index contributed by atoms with van der Waals surface area (Å²) < 4.78 is 0. The second-order valence-electron chi connectivity index (χ2n) is 5.43. The van der Waals surface area contributed by atoms with E-state index >= 15 is 0 Å². The van der Waals surface area contributed by atoms with Gasteiger partial charge in [-0.05, 0) is 17.5 Å². The van der Waals surface area contributed by atoms with Gasteiger partial charge in [-0.2, -0.15) is 0 Å². The molecule has 2 aromatic carbocycles. The third kappa shape index (κ3) is 3.40. The summed E-state index contributed by atoms with van der Waals surface area (Å²) in [5, 5.41) is 38.2. The fraction of sp³-hybridized carbons (Fsp3) is 0.0526. The highest BCUT2D eigenvalue weighted by molar-refractivity contribution is 6.17. The molecule has 0 spiro atoms. The van der Waals surface area contributed by atoms with Crippen molar-refractivity contribution in [2.75, 3.05) is 0 Å². The number of aromatic carboxylic acids is 4. The van der Waals surface area contributed by atoms with Crippen molar-refractivity contribution in [3.05, 3.63) is 70.8 Å². The summed E-state index contributed by atoms with van der Waals surface area (Å²) in [7, 11) is 0. The Morgan fingerprint density at radius 1 is 0.741 bits per heavy atom. The molecule has 0 aliphatic rings. The number of carbonyl (C=O) groups is 4. The molecular formula is C19H14O8. The average molecular weight is 370 g/mol. The zero-order chi connectivity index (χ0) is 20.3. The molecule has 8 nitrogen and oxygen atoms in total. The molecule has 27 heavy (non-hydrogen) atoms. The lowest BCUT2D eigenvalue weighted by molar-refractivity contribution is 0.0619. The number of allylic oxidation sites excluding steroid dienone is 1. The first kappa shape index (κ1) is 19.4. The molecule has 8 heteroatoms. The Labute approximate surface area is 152 Å². The third-order valence-electron chi connectivity index (χ3n) is 3.87. The molecule has 138 valence electrons. The zero-order valence-electron chi connectivity index (χ0n) is 13.8. The van der Waals surface area contributed by atoms with Crippen LogP contribution in [0, 0.1) is 0 Å². The first-order valence-corrected chi connectivity index (χ1v) is 7.54. The fourth-order valence-corrected chi connectivity index (χ4v) is 2.95. The minimum Gasteiger partial charge on any atom is -0.478 e. The Hall–Kier alpha value is -3.94. The van der Waals surface area contributed by atoms with Gasteiger partial charge < -0.3 is 20.4 Å². The first-order valence-electron chi connectivity index (χ1n) is 7.54. The van der Waals surface area contributed by atoms with E-state index in [9.17, 15) is 39.6 Å². The van der Waals surface area contributed by atoms with Gasteiger partial charge >= 0.3 is 23.9 Å². The lowest BCUT2D eigenvalue weighted by Crippen LogP contribution is -2.23. The predicted molar refractivity (Wildman–Crippen MR) is 93.6 cm³/mol. The number of benzene rings is 2. The predicted octanol–water partition coefficient (Wildman–Crippen LogP) is 2.87. The number of carboxylic acid groups (broad SMARTS) is 4. The summed E-state index contributed by atoms with van der Waals surface area (Å²) in [6.45, 7) is 3.49. The molecule has 0 bridgehead atoms. The van der Waals surface area contributed by atoms with Gasteiger partial charge in [0, 0.05) is 5.56 Å². The maximum Gasteiger partial charge on any atom is 0.337 e. The van der Waals surface area contributed by atoms with Gasteiger partial charge in [-0.3, -0.25) is 0 Å². The Balaban J connectivity index is 3.26. The molecule has 0 unspecified atom stereocenters. The Kier molecular flexibility index (Phi) is 5.40.